The Morgan fingerprint density at radius 2 is 1.59 bits per heavy atom. The second kappa shape index (κ2) is 11.2. The van der Waals surface area contributed by atoms with E-state index in [2.05, 4.69) is 17.4 Å². The molecule has 0 aromatic heterocycles. The van der Waals surface area contributed by atoms with E-state index in [1.165, 1.54) is 4.90 Å². The number of carbonyl (C=O) groups is 1. The van der Waals surface area contributed by atoms with Crippen LogP contribution in [0.2, 0.25) is 0 Å². The summed E-state index contributed by atoms with van der Waals surface area (Å²) in [6.07, 6.45) is 0. The molecule has 1 N–H and O–H groups in total. The van der Waals surface area contributed by atoms with Crippen molar-refractivity contribution >= 4 is 17.7 Å². The largest absolute Gasteiger partial charge is 0.493 e. The molecule has 0 saturated heterocycles. The van der Waals surface area contributed by atoms with Gasteiger partial charge in [-0.1, -0.05) is 36.4 Å². The minimum Gasteiger partial charge on any atom is -0.493 e. The third-order valence-corrected chi connectivity index (χ3v) is 5.20. The number of benzene rings is 3. The van der Waals surface area contributed by atoms with E-state index in [0.717, 1.165) is 22.8 Å². The number of thioether (sulfide) groups is 1. The zero-order valence-corrected chi connectivity index (χ0v) is 17.3. The number of ether oxygens (including phenoxy) is 2. The Bertz CT molecular complexity index is 898. The number of nitrogens with one attached hydrogen (secondary N) is 1. The Kier molecular flexibility index (Phi) is 8.01. The molecular weight excluding hydrogens is 382 g/mol. The first-order valence-electron chi connectivity index (χ1n) is 9.60. The van der Waals surface area contributed by atoms with Crippen LogP contribution in [0.5, 0.6) is 11.5 Å². The fourth-order valence-corrected chi connectivity index (χ4v) is 3.44. The Labute approximate surface area is 176 Å². The maximum absolute atomic E-state index is 12.2. The maximum Gasteiger partial charge on any atom is 0.251 e. The van der Waals surface area contributed by atoms with Gasteiger partial charge in [0.25, 0.3) is 5.91 Å². The molecule has 3 aromatic rings. The zero-order valence-electron chi connectivity index (χ0n) is 16.5. The summed E-state index contributed by atoms with van der Waals surface area (Å²) in [6.45, 7) is 3.48. The summed E-state index contributed by atoms with van der Waals surface area (Å²) in [4.78, 5) is 13.5. The molecule has 150 valence electrons. The van der Waals surface area contributed by atoms with Crippen LogP contribution in [0.1, 0.15) is 15.9 Å². The normalized spacial score (nSPS) is 10.4. The average Bonchev–Trinajstić information content (AvgIpc) is 2.76. The third kappa shape index (κ3) is 6.88. The molecule has 4 nitrogen and oxygen atoms in total. The topological polar surface area (TPSA) is 47.6 Å². The van der Waals surface area contributed by atoms with Gasteiger partial charge in [-0.25, -0.2) is 0 Å². The van der Waals surface area contributed by atoms with E-state index in [1.807, 2.05) is 61.5 Å². The van der Waals surface area contributed by atoms with E-state index in [1.54, 1.807) is 23.9 Å². The van der Waals surface area contributed by atoms with Crippen LogP contribution in [0.25, 0.3) is 0 Å². The summed E-state index contributed by atoms with van der Waals surface area (Å²) in [5, 5.41) is 2.87. The molecule has 0 unspecified atom stereocenters. The highest BCUT2D eigenvalue weighted by Crippen LogP contribution is 2.18. The average molecular weight is 408 g/mol. The lowest BCUT2D eigenvalue weighted by molar-refractivity contribution is 0.0947. The molecule has 5 heteroatoms. The Morgan fingerprint density at radius 3 is 2.34 bits per heavy atom. The van der Waals surface area contributed by atoms with Crippen LogP contribution in [0, 0.1) is 6.92 Å². The highest BCUT2D eigenvalue weighted by molar-refractivity contribution is 7.99. The van der Waals surface area contributed by atoms with Gasteiger partial charge >= 0.3 is 0 Å². The predicted molar refractivity (Wildman–Crippen MR) is 118 cm³/mol. The molecule has 0 spiro atoms. The van der Waals surface area contributed by atoms with Crippen molar-refractivity contribution in [3.63, 3.8) is 0 Å². The number of amides is 1. The number of hydrogen-bond acceptors (Lipinski definition) is 4. The Morgan fingerprint density at radius 1 is 0.862 bits per heavy atom. The van der Waals surface area contributed by atoms with E-state index in [4.69, 9.17) is 9.47 Å². The van der Waals surface area contributed by atoms with Crippen molar-refractivity contribution in [2.75, 3.05) is 25.5 Å². The van der Waals surface area contributed by atoms with Gasteiger partial charge in [0.15, 0.2) is 0 Å². The second-order valence-corrected chi connectivity index (χ2v) is 7.57. The van der Waals surface area contributed by atoms with E-state index in [0.29, 0.717) is 25.3 Å². The van der Waals surface area contributed by atoms with Crippen LogP contribution < -0.4 is 14.8 Å². The molecule has 0 radical (unpaired) electrons. The lowest BCUT2D eigenvalue weighted by Gasteiger charge is -2.10. The van der Waals surface area contributed by atoms with E-state index in [9.17, 15) is 4.79 Å². The second-order valence-electron chi connectivity index (χ2n) is 6.40. The highest BCUT2D eigenvalue weighted by atomic mass is 32.2. The van der Waals surface area contributed by atoms with E-state index < -0.39 is 0 Å². The number of rotatable bonds is 10. The zero-order chi connectivity index (χ0) is 20.3. The molecule has 0 fully saturated rings. The van der Waals surface area contributed by atoms with Gasteiger partial charge in [0.05, 0.1) is 13.2 Å². The monoisotopic (exact) mass is 407 g/mol. The molecule has 29 heavy (non-hydrogen) atoms. The van der Waals surface area contributed by atoms with Gasteiger partial charge in [-0.3, -0.25) is 4.79 Å². The van der Waals surface area contributed by atoms with Gasteiger partial charge in [0.2, 0.25) is 0 Å². The molecule has 0 saturated carbocycles. The first-order valence-corrected chi connectivity index (χ1v) is 10.6. The molecule has 3 rings (SSSR count). The summed E-state index contributed by atoms with van der Waals surface area (Å²) >= 11 is 1.76. The van der Waals surface area contributed by atoms with Gasteiger partial charge in [-0.2, -0.15) is 0 Å². The molecule has 0 atom stereocenters. The van der Waals surface area contributed by atoms with Crippen LogP contribution in [-0.4, -0.2) is 31.4 Å². The summed E-state index contributed by atoms with van der Waals surface area (Å²) in [5.41, 5.74) is 1.68. The molecule has 0 heterocycles. The van der Waals surface area contributed by atoms with Crippen molar-refractivity contribution < 1.29 is 14.3 Å². The molecule has 0 aliphatic heterocycles. The first kappa shape index (κ1) is 20.8. The fourth-order valence-electron chi connectivity index (χ4n) is 2.68. The van der Waals surface area contributed by atoms with Crippen LogP contribution in [0.15, 0.2) is 83.8 Å². The van der Waals surface area contributed by atoms with Gasteiger partial charge in [-0.05, 0) is 55.0 Å². The summed E-state index contributed by atoms with van der Waals surface area (Å²) < 4.78 is 11.4. The summed E-state index contributed by atoms with van der Waals surface area (Å²) in [5.74, 6) is 2.35. The van der Waals surface area contributed by atoms with Crippen molar-refractivity contribution in [3.05, 3.63) is 90.0 Å². The number of para-hydroxylation sites is 1. The molecule has 1 amide bonds. The van der Waals surface area contributed by atoms with Crippen LogP contribution in [-0.2, 0) is 0 Å². The molecular formula is C24H25NO3S. The van der Waals surface area contributed by atoms with Gasteiger partial charge in [-0.15, -0.1) is 11.8 Å². The van der Waals surface area contributed by atoms with Crippen molar-refractivity contribution in [2.45, 2.75) is 11.8 Å². The van der Waals surface area contributed by atoms with Crippen molar-refractivity contribution in [1.82, 2.24) is 5.32 Å². The lowest BCUT2D eigenvalue weighted by atomic mass is 10.2. The van der Waals surface area contributed by atoms with Crippen LogP contribution >= 0.6 is 11.8 Å². The SMILES string of the molecule is Cc1ccccc1OCCNC(=O)c1ccc(OCCSc2ccccc2)cc1. The van der Waals surface area contributed by atoms with Crippen molar-refractivity contribution in [1.29, 1.82) is 0 Å². The molecule has 3 aromatic carbocycles. The summed E-state index contributed by atoms with van der Waals surface area (Å²) in [7, 11) is 0. The highest BCUT2D eigenvalue weighted by Gasteiger charge is 2.06. The third-order valence-electron chi connectivity index (χ3n) is 4.22. The summed E-state index contributed by atoms with van der Waals surface area (Å²) in [6, 6.07) is 25.3. The minimum absolute atomic E-state index is 0.121. The van der Waals surface area contributed by atoms with E-state index >= 15 is 0 Å². The molecule has 0 aliphatic rings. The Hall–Kier alpha value is -2.92. The minimum atomic E-state index is -0.121. The van der Waals surface area contributed by atoms with Gasteiger partial charge in [0.1, 0.15) is 18.1 Å². The molecule has 0 aliphatic carbocycles. The van der Waals surface area contributed by atoms with Crippen molar-refractivity contribution in [3.8, 4) is 11.5 Å². The lowest BCUT2D eigenvalue weighted by Crippen LogP contribution is -2.28. The number of hydrogen-bond donors (Lipinski definition) is 1. The smallest absolute Gasteiger partial charge is 0.251 e. The molecule has 0 bridgehead atoms. The fraction of sp³-hybridized carbons (Fsp3) is 0.208. The van der Waals surface area contributed by atoms with Crippen LogP contribution in [0.4, 0.5) is 0 Å². The number of carbonyl (C=O) groups excluding carboxylic acids is 1. The first-order chi connectivity index (χ1) is 14.2. The van der Waals surface area contributed by atoms with Gasteiger partial charge < -0.3 is 14.8 Å². The van der Waals surface area contributed by atoms with Crippen LogP contribution in [0.3, 0.4) is 0 Å². The predicted octanol–water partition coefficient (Wildman–Crippen LogP) is 4.97. The maximum atomic E-state index is 12.2. The Balaban J connectivity index is 1.35. The number of aryl methyl sites for hydroxylation is 1. The standard InChI is InChI=1S/C24H25NO3S/c1-19-7-5-6-10-23(19)28-16-15-25-24(26)20-11-13-21(14-12-20)27-17-18-29-22-8-3-2-4-9-22/h2-14H,15-18H2,1H3,(H,25,26). The van der Waals surface area contributed by atoms with E-state index in [-0.39, 0.29) is 5.91 Å². The quantitative estimate of drug-likeness (QED) is 0.381. The van der Waals surface area contributed by atoms with Gasteiger partial charge in [0, 0.05) is 16.2 Å². The van der Waals surface area contributed by atoms with Crippen molar-refractivity contribution in [2.24, 2.45) is 0 Å².